The zero-order valence-electron chi connectivity index (χ0n) is 14.6. The molecule has 1 aliphatic heterocycles. The molecular weight excluding hydrogens is 258 g/mol. The summed E-state index contributed by atoms with van der Waals surface area (Å²) in [7, 11) is 4.46. The number of rotatable bonds is 5. The number of nitrogens with one attached hydrogen (secondary N) is 1. The topological polar surface area (TPSA) is 18.5 Å². The predicted molar refractivity (Wildman–Crippen MR) is 91.8 cm³/mol. The molecule has 0 radical (unpaired) electrons. The normalized spacial score (nSPS) is 28.8. The number of likely N-dealkylation sites (tertiary alicyclic amines) is 1. The van der Waals surface area contributed by atoms with Crippen LogP contribution in [-0.2, 0) is 0 Å². The van der Waals surface area contributed by atoms with Crippen molar-refractivity contribution in [3.8, 4) is 0 Å². The molecule has 1 N–H and O–H groups in total. The Morgan fingerprint density at radius 2 is 1.81 bits per heavy atom. The molecule has 3 heteroatoms. The van der Waals surface area contributed by atoms with Crippen LogP contribution in [0.1, 0.15) is 52.4 Å². The number of allylic oxidation sites excluding steroid dienone is 1. The van der Waals surface area contributed by atoms with Gasteiger partial charge in [-0.2, -0.15) is 0 Å². The molecule has 0 aromatic rings. The van der Waals surface area contributed by atoms with Crippen molar-refractivity contribution < 1.29 is 0 Å². The number of hydrogen-bond donors (Lipinski definition) is 1. The fourth-order valence-corrected chi connectivity index (χ4v) is 3.71. The van der Waals surface area contributed by atoms with Gasteiger partial charge in [-0.3, -0.25) is 4.90 Å². The van der Waals surface area contributed by atoms with E-state index in [1.54, 1.807) is 0 Å². The molecule has 1 saturated carbocycles. The number of nitrogens with zero attached hydrogens (tertiary/aromatic N) is 2. The van der Waals surface area contributed by atoms with E-state index in [-0.39, 0.29) is 0 Å². The first kappa shape index (κ1) is 17.0. The average molecular weight is 293 g/mol. The third-order valence-corrected chi connectivity index (χ3v) is 5.19. The van der Waals surface area contributed by atoms with E-state index in [2.05, 4.69) is 49.1 Å². The van der Waals surface area contributed by atoms with Crippen molar-refractivity contribution in [2.45, 2.75) is 70.5 Å². The molecule has 2 atom stereocenters. The minimum Gasteiger partial charge on any atom is -0.311 e. The first-order chi connectivity index (χ1) is 10.0. The lowest BCUT2D eigenvalue weighted by Gasteiger charge is -2.38. The summed E-state index contributed by atoms with van der Waals surface area (Å²) in [5, 5.41) is 3.96. The van der Waals surface area contributed by atoms with Crippen LogP contribution in [0.4, 0.5) is 0 Å². The molecule has 0 aromatic carbocycles. The van der Waals surface area contributed by atoms with E-state index in [4.69, 9.17) is 0 Å². The third-order valence-electron chi connectivity index (χ3n) is 5.19. The smallest absolute Gasteiger partial charge is 0.0165 e. The molecular formula is C18H35N3. The molecule has 0 aromatic heterocycles. The van der Waals surface area contributed by atoms with E-state index in [9.17, 15) is 0 Å². The number of hydrogen-bond acceptors (Lipinski definition) is 3. The fraction of sp³-hybridized carbons (Fsp3) is 0.889. The number of piperidine rings is 1. The maximum absolute atomic E-state index is 3.96. The van der Waals surface area contributed by atoms with Crippen LogP contribution < -0.4 is 5.32 Å². The third kappa shape index (κ3) is 5.72. The molecule has 1 heterocycles. The maximum Gasteiger partial charge on any atom is 0.0165 e. The van der Waals surface area contributed by atoms with Gasteiger partial charge in [-0.15, -0.1) is 0 Å². The quantitative estimate of drug-likeness (QED) is 0.786. The summed E-state index contributed by atoms with van der Waals surface area (Å²) in [6.07, 6.45) is 10.5. The van der Waals surface area contributed by atoms with E-state index in [0.717, 1.165) is 24.7 Å². The largest absolute Gasteiger partial charge is 0.311 e. The standard InChI is InChI=1S/C18H35N3/c1-15(2)8-11-21-12-9-16(10-13-21)19-17-6-5-7-18(14-17)20(3)4/h8,16-19H,5-7,9-14H2,1-4H3. The highest BCUT2D eigenvalue weighted by atomic mass is 15.1. The van der Waals surface area contributed by atoms with Crippen LogP contribution in [0.3, 0.4) is 0 Å². The van der Waals surface area contributed by atoms with Gasteiger partial charge in [0.05, 0.1) is 0 Å². The molecule has 2 aliphatic rings. The lowest BCUT2D eigenvalue weighted by molar-refractivity contribution is 0.165. The first-order valence-corrected chi connectivity index (χ1v) is 8.83. The van der Waals surface area contributed by atoms with Gasteiger partial charge in [0.2, 0.25) is 0 Å². The highest BCUT2D eigenvalue weighted by Crippen LogP contribution is 2.23. The van der Waals surface area contributed by atoms with E-state index >= 15 is 0 Å². The summed E-state index contributed by atoms with van der Waals surface area (Å²) in [6, 6.07) is 2.29. The molecule has 1 aliphatic carbocycles. The van der Waals surface area contributed by atoms with Crippen molar-refractivity contribution >= 4 is 0 Å². The van der Waals surface area contributed by atoms with Crippen molar-refractivity contribution in [3.05, 3.63) is 11.6 Å². The van der Waals surface area contributed by atoms with Crippen molar-refractivity contribution in [3.63, 3.8) is 0 Å². The lowest BCUT2D eigenvalue weighted by Crippen LogP contribution is -2.49. The van der Waals surface area contributed by atoms with Gasteiger partial charge in [0.15, 0.2) is 0 Å². The summed E-state index contributed by atoms with van der Waals surface area (Å²) in [5.74, 6) is 0. The molecule has 1 saturated heterocycles. The maximum atomic E-state index is 3.96. The summed E-state index contributed by atoms with van der Waals surface area (Å²) in [6.45, 7) is 8.04. The van der Waals surface area contributed by atoms with Crippen LogP contribution in [0.5, 0.6) is 0 Å². The highest BCUT2D eigenvalue weighted by molar-refractivity contribution is 4.96. The molecule has 3 nitrogen and oxygen atoms in total. The van der Waals surface area contributed by atoms with Crippen LogP contribution >= 0.6 is 0 Å². The molecule has 21 heavy (non-hydrogen) atoms. The Balaban J connectivity index is 1.69. The minimum absolute atomic E-state index is 0.749. The van der Waals surface area contributed by atoms with Gasteiger partial charge in [-0.25, -0.2) is 0 Å². The molecule has 122 valence electrons. The Labute approximate surface area is 131 Å². The molecule has 2 rings (SSSR count). The Kier molecular flexibility index (Phi) is 6.72. The zero-order chi connectivity index (χ0) is 15.2. The van der Waals surface area contributed by atoms with Gasteiger partial charge in [-0.05, 0) is 73.1 Å². The second kappa shape index (κ2) is 8.30. The van der Waals surface area contributed by atoms with Crippen LogP contribution in [0.15, 0.2) is 11.6 Å². The van der Waals surface area contributed by atoms with E-state index in [1.165, 1.54) is 57.2 Å². The second-order valence-electron chi connectivity index (χ2n) is 7.50. The minimum atomic E-state index is 0.749. The summed E-state index contributed by atoms with van der Waals surface area (Å²) < 4.78 is 0. The zero-order valence-corrected chi connectivity index (χ0v) is 14.6. The Morgan fingerprint density at radius 1 is 1.10 bits per heavy atom. The van der Waals surface area contributed by atoms with E-state index < -0.39 is 0 Å². The van der Waals surface area contributed by atoms with Crippen molar-refractivity contribution in [2.24, 2.45) is 0 Å². The van der Waals surface area contributed by atoms with Crippen molar-refractivity contribution in [2.75, 3.05) is 33.7 Å². The second-order valence-corrected chi connectivity index (χ2v) is 7.50. The molecule has 2 fully saturated rings. The predicted octanol–water partition coefficient (Wildman–Crippen LogP) is 2.88. The van der Waals surface area contributed by atoms with E-state index in [0.29, 0.717) is 0 Å². The van der Waals surface area contributed by atoms with Gasteiger partial charge in [0, 0.05) is 24.7 Å². The Morgan fingerprint density at radius 3 is 2.43 bits per heavy atom. The van der Waals surface area contributed by atoms with Gasteiger partial charge >= 0.3 is 0 Å². The SMILES string of the molecule is CC(C)=CCN1CCC(NC2CCCC(N(C)C)C2)CC1. The van der Waals surface area contributed by atoms with Gasteiger partial charge in [-0.1, -0.05) is 18.1 Å². The molecule has 0 spiro atoms. The van der Waals surface area contributed by atoms with Gasteiger partial charge in [0.25, 0.3) is 0 Å². The lowest BCUT2D eigenvalue weighted by atomic mass is 9.89. The summed E-state index contributed by atoms with van der Waals surface area (Å²) in [5.41, 5.74) is 1.44. The first-order valence-electron chi connectivity index (χ1n) is 8.83. The summed E-state index contributed by atoms with van der Waals surface area (Å²) >= 11 is 0. The monoisotopic (exact) mass is 293 g/mol. The molecule has 2 unspecified atom stereocenters. The van der Waals surface area contributed by atoms with Gasteiger partial charge < -0.3 is 10.2 Å². The van der Waals surface area contributed by atoms with Crippen LogP contribution in [0, 0.1) is 0 Å². The molecule has 0 amide bonds. The van der Waals surface area contributed by atoms with Crippen LogP contribution in [0.2, 0.25) is 0 Å². The fourth-order valence-electron chi connectivity index (χ4n) is 3.71. The van der Waals surface area contributed by atoms with E-state index in [1.807, 2.05) is 0 Å². The Hall–Kier alpha value is -0.380. The Bertz CT molecular complexity index is 325. The van der Waals surface area contributed by atoms with Crippen LogP contribution in [-0.4, -0.2) is 61.7 Å². The van der Waals surface area contributed by atoms with Crippen molar-refractivity contribution in [1.82, 2.24) is 15.1 Å². The highest BCUT2D eigenvalue weighted by Gasteiger charge is 2.26. The summed E-state index contributed by atoms with van der Waals surface area (Å²) in [4.78, 5) is 5.00. The average Bonchev–Trinajstić information content (AvgIpc) is 2.47. The van der Waals surface area contributed by atoms with Crippen molar-refractivity contribution in [1.29, 1.82) is 0 Å². The van der Waals surface area contributed by atoms with Crippen LogP contribution in [0.25, 0.3) is 0 Å². The molecule has 0 bridgehead atoms. The van der Waals surface area contributed by atoms with Gasteiger partial charge in [0.1, 0.15) is 0 Å².